The van der Waals surface area contributed by atoms with Crippen molar-refractivity contribution >= 4 is 6.09 Å². The number of rotatable bonds is 9. The van der Waals surface area contributed by atoms with Crippen LogP contribution in [-0.4, -0.2) is 35.7 Å². The smallest absolute Gasteiger partial charge is 0.407 e. The Balaban J connectivity index is 2.00. The predicted octanol–water partition coefficient (Wildman–Crippen LogP) is 3.93. The number of nitrogens with one attached hydrogen (secondary N) is 1. The molecule has 0 aliphatic rings. The molecule has 0 saturated heterocycles. The summed E-state index contributed by atoms with van der Waals surface area (Å²) < 4.78 is 5.31. The van der Waals surface area contributed by atoms with Crippen molar-refractivity contribution in [3.8, 4) is 0 Å². The van der Waals surface area contributed by atoms with E-state index in [1.165, 1.54) is 11.1 Å². The van der Waals surface area contributed by atoms with Crippen LogP contribution in [0.25, 0.3) is 0 Å². The molecule has 2 aromatic carbocycles. The monoisotopic (exact) mass is 383 g/mol. The Labute approximate surface area is 168 Å². The lowest BCUT2D eigenvalue weighted by Gasteiger charge is -2.31. The number of carbonyl (C=O) groups excluding carboxylic acids is 1. The van der Waals surface area contributed by atoms with E-state index in [-0.39, 0.29) is 12.1 Å². The van der Waals surface area contributed by atoms with Gasteiger partial charge in [0.05, 0.1) is 0 Å². The van der Waals surface area contributed by atoms with Gasteiger partial charge < -0.3 is 15.8 Å². The molecule has 0 fully saturated rings. The van der Waals surface area contributed by atoms with Crippen molar-refractivity contribution in [2.75, 3.05) is 13.1 Å². The number of alkyl carbamates (subject to hydrolysis) is 1. The van der Waals surface area contributed by atoms with Crippen molar-refractivity contribution in [2.45, 2.75) is 51.9 Å². The minimum Gasteiger partial charge on any atom is -0.444 e. The van der Waals surface area contributed by atoms with Gasteiger partial charge in [-0.25, -0.2) is 4.79 Å². The van der Waals surface area contributed by atoms with Crippen LogP contribution in [0.2, 0.25) is 0 Å². The molecule has 0 heterocycles. The van der Waals surface area contributed by atoms with Gasteiger partial charge in [0.1, 0.15) is 5.60 Å². The van der Waals surface area contributed by atoms with Crippen molar-refractivity contribution in [3.63, 3.8) is 0 Å². The second kappa shape index (κ2) is 10.8. The fourth-order valence-corrected chi connectivity index (χ4v) is 3.05. The standard InChI is InChI=1S/C23H33N3O2/c1-23(2,3)28-22(27)25-15-14-21(16-24)26(17-19-10-6-4-7-11-19)18-20-12-8-5-9-13-20/h4-13,21H,14-18,24H2,1-3H3,(H,25,27). The maximum Gasteiger partial charge on any atom is 0.407 e. The van der Waals surface area contributed by atoms with E-state index in [0.717, 1.165) is 19.5 Å². The predicted molar refractivity (Wildman–Crippen MR) is 114 cm³/mol. The molecule has 0 radical (unpaired) electrons. The van der Waals surface area contributed by atoms with Crippen LogP contribution in [0.5, 0.6) is 0 Å². The Morgan fingerprint density at radius 2 is 1.50 bits per heavy atom. The third-order valence-electron chi connectivity index (χ3n) is 4.39. The first-order valence-electron chi connectivity index (χ1n) is 9.86. The van der Waals surface area contributed by atoms with Crippen LogP contribution in [0, 0.1) is 0 Å². The Kier molecular flexibility index (Phi) is 8.48. The fourth-order valence-electron chi connectivity index (χ4n) is 3.05. The molecule has 2 rings (SSSR count). The number of benzene rings is 2. The third kappa shape index (κ3) is 8.11. The van der Waals surface area contributed by atoms with E-state index < -0.39 is 5.60 Å². The minimum absolute atomic E-state index is 0.148. The largest absolute Gasteiger partial charge is 0.444 e. The number of ether oxygens (including phenoxy) is 1. The quantitative estimate of drug-likeness (QED) is 0.688. The summed E-state index contributed by atoms with van der Waals surface area (Å²) in [4.78, 5) is 14.3. The molecule has 0 aromatic heterocycles. The number of hydrogen-bond acceptors (Lipinski definition) is 4. The van der Waals surface area contributed by atoms with Gasteiger partial charge in [0.25, 0.3) is 0 Å². The maximum atomic E-state index is 11.9. The zero-order valence-electron chi connectivity index (χ0n) is 17.2. The number of hydrogen-bond donors (Lipinski definition) is 2. The highest BCUT2D eigenvalue weighted by Gasteiger charge is 2.20. The lowest BCUT2D eigenvalue weighted by atomic mass is 10.1. The zero-order valence-corrected chi connectivity index (χ0v) is 17.2. The highest BCUT2D eigenvalue weighted by atomic mass is 16.6. The molecule has 1 atom stereocenters. The lowest BCUT2D eigenvalue weighted by Crippen LogP contribution is -2.42. The summed E-state index contributed by atoms with van der Waals surface area (Å²) in [6, 6.07) is 20.9. The van der Waals surface area contributed by atoms with Crippen LogP contribution in [0.4, 0.5) is 4.79 Å². The first-order chi connectivity index (χ1) is 13.4. The number of nitrogens with two attached hydrogens (primary N) is 1. The molecule has 28 heavy (non-hydrogen) atoms. The Morgan fingerprint density at radius 1 is 1.00 bits per heavy atom. The average Bonchev–Trinajstić information content (AvgIpc) is 2.65. The molecule has 0 bridgehead atoms. The normalized spacial score (nSPS) is 12.6. The van der Waals surface area contributed by atoms with E-state index >= 15 is 0 Å². The molecule has 1 amide bonds. The molecule has 0 spiro atoms. The highest BCUT2D eigenvalue weighted by molar-refractivity contribution is 5.67. The van der Waals surface area contributed by atoms with Crippen molar-refractivity contribution in [1.29, 1.82) is 0 Å². The average molecular weight is 384 g/mol. The van der Waals surface area contributed by atoms with Gasteiger partial charge in [0, 0.05) is 32.2 Å². The SMILES string of the molecule is CC(C)(C)OC(=O)NCCC(CN)N(Cc1ccccc1)Cc1ccccc1. The number of nitrogens with zero attached hydrogens (tertiary/aromatic N) is 1. The summed E-state index contributed by atoms with van der Waals surface area (Å²) in [5.74, 6) is 0. The molecule has 5 nitrogen and oxygen atoms in total. The van der Waals surface area contributed by atoms with Crippen molar-refractivity contribution in [3.05, 3.63) is 71.8 Å². The van der Waals surface area contributed by atoms with Gasteiger partial charge in [-0.3, -0.25) is 4.90 Å². The number of carbonyl (C=O) groups is 1. The van der Waals surface area contributed by atoms with Gasteiger partial charge in [0.15, 0.2) is 0 Å². The Hall–Kier alpha value is -2.37. The molecule has 0 saturated carbocycles. The second-order valence-corrected chi connectivity index (χ2v) is 7.98. The van der Waals surface area contributed by atoms with E-state index in [9.17, 15) is 4.79 Å². The summed E-state index contributed by atoms with van der Waals surface area (Å²) in [5, 5.41) is 2.84. The summed E-state index contributed by atoms with van der Waals surface area (Å²) in [6.07, 6.45) is 0.371. The fraction of sp³-hybridized carbons (Fsp3) is 0.435. The zero-order chi connectivity index (χ0) is 20.4. The molecule has 2 aromatic rings. The molecule has 1 unspecified atom stereocenters. The van der Waals surface area contributed by atoms with Crippen LogP contribution in [0.1, 0.15) is 38.3 Å². The summed E-state index contributed by atoms with van der Waals surface area (Å²) in [5.41, 5.74) is 8.11. The molecule has 0 aliphatic carbocycles. The third-order valence-corrected chi connectivity index (χ3v) is 4.39. The molecule has 152 valence electrons. The molecule has 3 N–H and O–H groups in total. The first kappa shape index (κ1) is 21.9. The summed E-state index contributed by atoms with van der Waals surface area (Å²) >= 11 is 0. The van der Waals surface area contributed by atoms with Gasteiger partial charge in [-0.05, 0) is 38.3 Å². The first-order valence-corrected chi connectivity index (χ1v) is 9.86. The van der Waals surface area contributed by atoms with Crippen LogP contribution in [0.3, 0.4) is 0 Å². The van der Waals surface area contributed by atoms with Gasteiger partial charge in [-0.1, -0.05) is 60.7 Å². The van der Waals surface area contributed by atoms with Crippen molar-refractivity contribution < 1.29 is 9.53 Å². The van der Waals surface area contributed by atoms with E-state index in [2.05, 4.69) is 58.7 Å². The van der Waals surface area contributed by atoms with E-state index in [0.29, 0.717) is 13.1 Å². The minimum atomic E-state index is -0.496. The Morgan fingerprint density at radius 3 is 1.93 bits per heavy atom. The van der Waals surface area contributed by atoms with Gasteiger partial charge >= 0.3 is 6.09 Å². The van der Waals surface area contributed by atoms with Gasteiger partial charge in [0.2, 0.25) is 0 Å². The van der Waals surface area contributed by atoms with E-state index in [4.69, 9.17) is 10.5 Å². The summed E-state index contributed by atoms with van der Waals surface area (Å²) in [7, 11) is 0. The van der Waals surface area contributed by atoms with Crippen LogP contribution in [0.15, 0.2) is 60.7 Å². The van der Waals surface area contributed by atoms with Gasteiger partial charge in [-0.2, -0.15) is 0 Å². The van der Waals surface area contributed by atoms with Gasteiger partial charge in [-0.15, -0.1) is 0 Å². The van der Waals surface area contributed by atoms with E-state index in [1.807, 2.05) is 32.9 Å². The van der Waals surface area contributed by atoms with Crippen LogP contribution < -0.4 is 11.1 Å². The molecule has 0 aliphatic heterocycles. The molecular weight excluding hydrogens is 350 g/mol. The van der Waals surface area contributed by atoms with Crippen LogP contribution >= 0.6 is 0 Å². The van der Waals surface area contributed by atoms with Crippen molar-refractivity contribution in [2.24, 2.45) is 5.73 Å². The maximum absolute atomic E-state index is 11.9. The van der Waals surface area contributed by atoms with E-state index in [1.54, 1.807) is 0 Å². The topological polar surface area (TPSA) is 67.6 Å². The van der Waals surface area contributed by atoms with Crippen LogP contribution in [-0.2, 0) is 17.8 Å². The Bertz CT molecular complexity index is 657. The number of amides is 1. The lowest BCUT2D eigenvalue weighted by molar-refractivity contribution is 0.0520. The highest BCUT2D eigenvalue weighted by Crippen LogP contribution is 2.15. The molecule has 5 heteroatoms. The summed E-state index contributed by atoms with van der Waals surface area (Å²) in [6.45, 7) is 8.24. The second-order valence-electron chi connectivity index (χ2n) is 7.98. The van der Waals surface area contributed by atoms with Crippen molar-refractivity contribution in [1.82, 2.24) is 10.2 Å². The molecular formula is C23H33N3O2.